The van der Waals surface area contributed by atoms with Crippen LogP contribution in [-0.2, 0) is 0 Å². The highest BCUT2D eigenvalue weighted by Gasteiger charge is 2.21. The number of thioether (sulfide) groups is 1. The molecule has 0 aliphatic carbocycles. The minimum Gasteiger partial charge on any atom is -0.293 e. The first-order chi connectivity index (χ1) is 12.0. The van der Waals surface area contributed by atoms with Crippen LogP contribution in [0.4, 0.5) is 8.78 Å². The summed E-state index contributed by atoms with van der Waals surface area (Å²) in [6.45, 7) is 1.65. The zero-order valence-electron chi connectivity index (χ0n) is 12.9. The van der Waals surface area contributed by atoms with Crippen molar-refractivity contribution in [3.8, 4) is 5.69 Å². The van der Waals surface area contributed by atoms with Crippen molar-refractivity contribution in [1.82, 2.24) is 20.2 Å². The topological polar surface area (TPSA) is 60.7 Å². The molecule has 0 bridgehead atoms. The molecule has 9 heteroatoms. The molecule has 0 spiro atoms. The summed E-state index contributed by atoms with van der Waals surface area (Å²) in [5.41, 5.74) is 0.772. The lowest BCUT2D eigenvalue weighted by atomic mass is 10.1. The van der Waals surface area contributed by atoms with Crippen molar-refractivity contribution in [3.05, 3.63) is 64.7 Å². The molecule has 0 N–H and O–H groups in total. The van der Waals surface area contributed by atoms with Crippen molar-refractivity contribution in [2.24, 2.45) is 0 Å². The van der Waals surface area contributed by atoms with E-state index in [1.807, 2.05) is 0 Å². The van der Waals surface area contributed by atoms with Gasteiger partial charge in [-0.05, 0) is 59.8 Å². The molecule has 2 aromatic carbocycles. The van der Waals surface area contributed by atoms with Gasteiger partial charge in [-0.15, -0.1) is 5.10 Å². The van der Waals surface area contributed by atoms with Crippen LogP contribution in [0.3, 0.4) is 0 Å². The molecule has 0 saturated carbocycles. The first-order valence-electron chi connectivity index (χ1n) is 7.16. The Morgan fingerprint density at radius 3 is 2.56 bits per heavy atom. The molecule has 5 nitrogen and oxygen atoms in total. The molecule has 128 valence electrons. The van der Waals surface area contributed by atoms with E-state index in [0.29, 0.717) is 15.9 Å². The zero-order valence-corrected chi connectivity index (χ0v) is 14.4. The van der Waals surface area contributed by atoms with Crippen molar-refractivity contribution >= 4 is 29.1 Å². The Hall–Kier alpha value is -2.32. The quantitative estimate of drug-likeness (QED) is 0.495. The smallest absolute Gasteiger partial charge is 0.214 e. The largest absolute Gasteiger partial charge is 0.293 e. The first kappa shape index (κ1) is 17.5. The molecular formula is C16H11ClF2N4OS. The van der Waals surface area contributed by atoms with Gasteiger partial charge >= 0.3 is 0 Å². The summed E-state index contributed by atoms with van der Waals surface area (Å²) < 4.78 is 27.8. The van der Waals surface area contributed by atoms with E-state index in [4.69, 9.17) is 11.6 Å². The van der Waals surface area contributed by atoms with Crippen molar-refractivity contribution in [3.63, 3.8) is 0 Å². The number of Topliss-reactive ketones (excluding diaryl/α,β-unsaturated/α-hetero) is 1. The van der Waals surface area contributed by atoms with Crippen molar-refractivity contribution < 1.29 is 13.6 Å². The van der Waals surface area contributed by atoms with E-state index in [1.165, 1.54) is 10.7 Å². The summed E-state index contributed by atoms with van der Waals surface area (Å²) in [5.74, 6) is -2.41. The molecule has 1 aromatic heterocycles. The second-order valence-corrected chi connectivity index (χ2v) is 6.85. The Morgan fingerprint density at radius 1 is 1.16 bits per heavy atom. The van der Waals surface area contributed by atoms with E-state index >= 15 is 0 Å². The lowest BCUT2D eigenvalue weighted by molar-refractivity contribution is 0.0993. The fourth-order valence-corrected chi connectivity index (χ4v) is 3.10. The summed E-state index contributed by atoms with van der Waals surface area (Å²) >= 11 is 6.98. The predicted octanol–water partition coefficient (Wildman–Crippen LogP) is 3.96. The van der Waals surface area contributed by atoms with Gasteiger partial charge < -0.3 is 0 Å². The molecule has 0 amide bonds. The number of rotatable bonds is 5. The second-order valence-electron chi connectivity index (χ2n) is 5.10. The van der Waals surface area contributed by atoms with Crippen LogP contribution in [0.25, 0.3) is 5.69 Å². The Labute approximate surface area is 151 Å². The molecule has 0 unspecified atom stereocenters. The number of nitrogens with zero attached hydrogens (tertiary/aromatic N) is 4. The van der Waals surface area contributed by atoms with E-state index in [2.05, 4.69) is 15.5 Å². The standard InChI is InChI=1S/C16H11ClF2N4OS/c1-9(15(24)10-2-7-13(18)14(19)8-10)25-16-20-21-22-23(16)12-5-3-11(17)4-6-12/h2-9H,1H3/t9-/m0/s1. The maximum absolute atomic E-state index is 13.3. The third-order valence-electron chi connectivity index (χ3n) is 3.37. The van der Waals surface area contributed by atoms with Gasteiger partial charge in [-0.3, -0.25) is 4.79 Å². The number of carbonyl (C=O) groups excluding carboxylic acids is 1. The Bertz CT molecular complexity index is 917. The summed E-state index contributed by atoms with van der Waals surface area (Å²) in [6, 6.07) is 9.94. The van der Waals surface area contributed by atoms with Crippen LogP contribution in [0.15, 0.2) is 47.6 Å². The molecular weight excluding hydrogens is 370 g/mol. The third kappa shape index (κ3) is 3.85. The highest BCUT2D eigenvalue weighted by atomic mass is 35.5. The second kappa shape index (κ2) is 7.28. The minimum absolute atomic E-state index is 0.0874. The summed E-state index contributed by atoms with van der Waals surface area (Å²) in [6.07, 6.45) is 0. The van der Waals surface area contributed by atoms with Gasteiger partial charge in [0.05, 0.1) is 10.9 Å². The summed E-state index contributed by atoms with van der Waals surface area (Å²) in [4.78, 5) is 12.4. The molecule has 0 fully saturated rings. The Balaban J connectivity index is 1.80. The molecule has 3 rings (SSSR count). The number of aromatic nitrogens is 4. The van der Waals surface area contributed by atoms with E-state index in [0.717, 1.165) is 23.9 Å². The molecule has 0 saturated heterocycles. The Kier molecular flexibility index (Phi) is 5.10. The van der Waals surface area contributed by atoms with Gasteiger partial charge in [-0.25, -0.2) is 8.78 Å². The van der Waals surface area contributed by atoms with Crippen molar-refractivity contribution in [1.29, 1.82) is 0 Å². The maximum atomic E-state index is 13.3. The number of hydrogen-bond donors (Lipinski definition) is 0. The van der Waals surface area contributed by atoms with Crippen LogP contribution in [0.5, 0.6) is 0 Å². The highest BCUT2D eigenvalue weighted by molar-refractivity contribution is 8.00. The molecule has 0 aliphatic rings. The number of ketones is 1. The fraction of sp³-hybridized carbons (Fsp3) is 0.125. The molecule has 1 atom stereocenters. The number of carbonyl (C=O) groups is 1. The zero-order chi connectivity index (χ0) is 18.0. The van der Waals surface area contributed by atoms with Crippen molar-refractivity contribution in [2.75, 3.05) is 0 Å². The monoisotopic (exact) mass is 380 g/mol. The highest BCUT2D eigenvalue weighted by Crippen LogP contribution is 2.26. The van der Waals surface area contributed by atoms with Crippen molar-refractivity contribution in [2.45, 2.75) is 17.3 Å². The lowest BCUT2D eigenvalue weighted by Gasteiger charge is -2.10. The van der Waals surface area contributed by atoms with E-state index < -0.39 is 16.9 Å². The molecule has 25 heavy (non-hydrogen) atoms. The van der Waals surface area contributed by atoms with E-state index in [-0.39, 0.29) is 11.3 Å². The van der Waals surface area contributed by atoms with Crippen LogP contribution in [0.1, 0.15) is 17.3 Å². The number of halogens is 3. The van der Waals surface area contributed by atoms with Gasteiger partial charge in [-0.1, -0.05) is 23.4 Å². The Morgan fingerprint density at radius 2 is 1.88 bits per heavy atom. The normalized spacial score (nSPS) is 12.2. The SMILES string of the molecule is C[C@H](Sc1nnnn1-c1ccc(Cl)cc1)C(=O)c1ccc(F)c(F)c1. The number of tetrazole rings is 1. The van der Waals surface area contributed by atoms with Gasteiger partial charge in [0.15, 0.2) is 17.4 Å². The van der Waals surface area contributed by atoms with Crippen LogP contribution in [0.2, 0.25) is 5.02 Å². The third-order valence-corrected chi connectivity index (χ3v) is 4.65. The van der Waals surface area contributed by atoms with Crippen LogP contribution in [0, 0.1) is 11.6 Å². The van der Waals surface area contributed by atoms with Crippen LogP contribution in [-0.4, -0.2) is 31.2 Å². The van der Waals surface area contributed by atoms with Gasteiger partial charge in [0, 0.05) is 10.6 Å². The van der Waals surface area contributed by atoms with Gasteiger partial charge in [0.1, 0.15) is 0 Å². The molecule has 1 heterocycles. The summed E-state index contributed by atoms with van der Waals surface area (Å²) in [7, 11) is 0. The van der Waals surface area contributed by atoms with Gasteiger partial charge in [0.25, 0.3) is 0 Å². The van der Waals surface area contributed by atoms with E-state index in [9.17, 15) is 13.6 Å². The summed E-state index contributed by atoms with van der Waals surface area (Å²) in [5, 5.41) is 11.8. The average Bonchev–Trinajstić information content (AvgIpc) is 3.05. The fourth-order valence-electron chi connectivity index (χ4n) is 2.09. The lowest BCUT2D eigenvalue weighted by Crippen LogP contribution is -2.15. The number of hydrogen-bond acceptors (Lipinski definition) is 5. The van der Waals surface area contributed by atoms with Crippen LogP contribution < -0.4 is 0 Å². The number of benzene rings is 2. The molecule has 0 radical (unpaired) electrons. The van der Waals surface area contributed by atoms with Crippen LogP contribution >= 0.6 is 23.4 Å². The maximum Gasteiger partial charge on any atom is 0.214 e. The minimum atomic E-state index is -1.06. The first-order valence-corrected chi connectivity index (χ1v) is 8.41. The molecule has 3 aromatic rings. The van der Waals surface area contributed by atoms with E-state index in [1.54, 1.807) is 31.2 Å². The van der Waals surface area contributed by atoms with Gasteiger partial charge in [0.2, 0.25) is 5.16 Å². The predicted molar refractivity (Wildman–Crippen MR) is 90.2 cm³/mol. The van der Waals surface area contributed by atoms with Gasteiger partial charge in [-0.2, -0.15) is 4.68 Å². The molecule has 0 aliphatic heterocycles. The average molecular weight is 381 g/mol.